The van der Waals surface area contributed by atoms with Gasteiger partial charge in [0.2, 0.25) is 0 Å². The monoisotopic (exact) mass is 180 g/mol. The molecule has 13 heavy (non-hydrogen) atoms. The van der Waals surface area contributed by atoms with Crippen LogP contribution in [0.25, 0.3) is 0 Å². The predicted molar refractivity (Wildman–Crippen MR) is 50.0 cm³/mol. The first-order chi connectivity index (χ1) is 6.19. The van der Waals surface area contributed by atoms with Gasteiger partial charge in [-0.1, -0.05) is 11.2 Å². The van der Waals surface area contributed by atoms with Gasteiger partial charge in [0.25, 0.3) is 0 Å². The van der Waals surface area contributed by atoms with Crippen LogP contribution in [0, 0.1) is 0 Å². The van der Waals surface area contributed by atoms with Crippen molar-refractivity contribution in [2.45, 2.75) is 13.5 Å². The first kappa shape index (κ1) is 9.54. The maximum absolute atomic E-state index is 9.48. The first-order valence-corrected chi connectivity index (χ1v) is 3.90. The third-order valence-corrected chi connectivity index (χ3v) is 1.84. The topological polar surface area (TPSA) is 78.8 Å². The summed E-state index contributed by atoms with van der Waals surface area (Å²) >= 11 is 0. The number of nitrogens with two attached hydrogens (primary N) is 1. The lowest BCUT2D eigenvalue weighted by Gasteiger charge is -2.04. The van der Waals surface area contributed by atoms with E-state index in [1.807, 2.05) is 0 Å². The molecular weight excluding hydrogens is 168 g/mol. The van der Waals surface area contributed by atoms with E-state index in [2.05, 4.69) is 5.16 Å². The Morgan fingerprint density at radius 3 is 2.69 bits per heavy atom. The smallest absolute Gasteiger partial charge is 0.125 e. The Kier molecular flexibility index (Phi) is 2.87. The lowest BCUT2D eigenvalue weighted by molar-refractivity contribution is 0.318. The Bertz CT molecular complexity index is 334. The van der Waals surface area contributed by atoms with Crippen molar-refractivity contribution in [3.63, 3.8) is 0 Å². The summed E-state index contributed by atoms with van der Waals surface area (Å²) in [6.07, 6.45) is 0. The number of nitrogens with zero attached hydrogens (tertiary/aromatic N) is 1. The summed E-state index contributed by atoms with van der Waals surface area (Å²) in [5.74, 6) is 0.0817. The molecule has 0 aliphatic rings. The summed E-state index contributed by atoms with van der Waals surface area (Å²) in [6, 6.07) is 5.01. The molecule has 0 radical (unpaired) electrons. The Morgan fingerprint density at radius 2 is 2.23 bits per heavy atom. The number of rotatable bonds is 2. The van der Waals surface area contributed by atoms with Gasteiger partial charge in [-0.25, -0.2) is 0 Å². The van der Waals surface area contributed by atoms with Crippen molar-refractivity contribution in [2.24, 2.45) is 10.9 Å². The number of oxime groups is 1. The van der Waals surface area contributed by atoms with Crippen LogP contribution in [0.5, 0.6) is 5.75 Å². The Balaban J connectivity index is 3.12. The summed E-state index contributed by atoms with van der Waals surface area (Å²) in [7, 11) is 0. The summed E-state index contributed by atoms with van der Waals surface area (Å²) in [5.41, 5.74) is 7.12. The highest BCUT2D eigenvalue weighted by Gasteiger charge is 2.04. The molecule has 0 aromatic heterocycles. The maximum Gasteiger partial charge on any atom is 0.125 e. The van der Waals surface area contributed by atoms with E-state index >= 15 is 0 Å². The highest BCUT2D eigenvalue weighted by molar-refractivity contribution is 6.00. The lowest BCUT2D eigenvalue weighted by Crippen LogP contribution is -1.99. The SMILES string of the molecule is C/C(=N/O)c1ccc(CN)cc1O. The molecule has 0 aliphatic carbocycles. The van der Waals surface area contributed by atoms with E-state index in [0.717, 1.165) is 5.56 Å². The number of hydrogen-bond acceptors (Lipinski definition) is 4. The molecule has 0 fully saturated rings. The molecule has 0 saturated carbocycles. The van der Waals surface area contributed by atoms with Crippen LogP contribution in [0.2, 0.25) is 0 Å². The molecule has 0 saturated heterocycles. The van der Waals surface area contributed by atoms with Gasteiger partial charge < -0.3 is 16.0 Å². The van der Waals surface area contributed by atoms with Crippen molar-refractivity contribution >= 4 is 5.71 Å². The number of aromatic hydroxyl groups is 1. The van der Waals surface area contributed by atoms with Crippen LogP contribution in [-0.2, 0) is 6.54 Å². The van der Waals surface area contributed by atoms with E-state index in [-0.39, 0.29) is 5.75 Å². The predicted octanol–water partition coefficient (Wildman–Crippen LogP) is 1.05. The molecule has 1 aromatic rings. The molecule has 1 aromatic carbocycles. The van der Waals surface area contributed by atoms with E-state index in [1.165, 1.54) is 0 Å². The van der Waals surface area contributed by atoms with Gasteiger partial charge in [0.1, 0.15) is 5.75 Å². The molecule has 0 atom stereocenters. The van der Waals surface area contributed by atoms with Crippen LogP contribution >= 0.6 is 0 Å². The second-order valence-electron chi connectivity index (χ2n) is 2.74. The molecule has 0 heterocycles. The molecule has 4 N–H and O–H groups in total. The highest BCUT2D eigenvalue weighted by atomic mass is 16.4. The van der Waals surface area contributed by atoms with E-state index in [1.54, 1.807) is 25.1 Å². The fraction of sp³-hybridized carbons (Fsp3) is 0.222. The zero-order chi connectivity index (χ0) is 9.84. The molecule has 0 spiro atoms. The second kappa shape index (κ2) is 3.91. The fourth-order valence-electron chi connectivity index (χ4n) is 1.06. The van der Waals surface area contributed by atoms with Crippen LogP contribution in [0.3, 0.4) is 0 Å². The quantitative estimate of drug-likeness (QED) is 0.361. The minimum absolute atomic E-state index is 0.0817. The van der Waals surface area contributed by atoms with Crippen LogP contribution < -0.4 is 5.73 Å². The fourth-order valence-corrected chi connectivity index (χ4v) is 1.06. The normalized spacial score (nSPS) is 11.7. The number of benzene rings is 1. The number of phenolic OH excluding ortho intramolecular Hbond substituents is 1. The standard InChI is InChI=1S/C9H12N2O2/c1-6(11-13)8-3-2-7(5-10)4-9(8)12/h2-4,12-13H,5,10H2,1H3/b11-6-. The van der Waals surface area contributed by atoms with Crippen LogP contribution in [0.4, 0.5) is 0 Å². The molecule has 0 amide bonds. The largest absolute Gasteiger partial charge is 0.507 e. The van der Waals surface area contributed by atoms with Crippen molar-refractivity contribution in [3.05, 3.63) is 29.3 Å². The van der Waals surface area contributed by atoms with Gasteiger partial charge >= 0.3 is 0 Å². The number of phenols is 1. The zero-order valence-corrected chi connectivity index (χ0v) is 7.36. The Hall–Kier alpha value is -1.55. The Morgan fingerprint density at radius 1 is 1.54 bits per heavy atom. The summed E-state index contributed by atoms with van der Waals surface area (Å²) in [5, 5.41) is 21.0. The average molecular weight is 180 g/mol. The lowest BCUT2D eigenvalue weighted by atomic mass is 10.1. The summed E-state index contributed by atoms with van der Waals surface area (Å²) in [6.45, 7) is 1.99. The minimum Gasteiger partial charge on any atom is -0.507 e. The van der Waals surface area contributed by atoms with Crippen LogP contribution in [0.15, 0.2) is 23.4 Å². The van der Waals surface area contributed by atoms with E-state index in [4.69, 9.17) is 10.9 Å². The zero-order valence-electron chi connectivity index (χ0n) is 7.36. The second-order valence-corrected chi connectivity index (χ2v) is 2.74. The van der Waals surface area contributed by atoms with E-state index in [0.29, 0.717) is 17.8 Å². The average Bonchev–Trinajstić information content (AvgIpc) is 2.16. The van der Waals surface area contributed by atoms with Crippen molar-refractivity contribution in [2.75, 3.05) is 0 Å². The van der Waals surface area contributed by atoms with Crippen LogP contribution in [-0.4, -0.2) is 16.0 Å². The van der Waals surface area contributed by atoms with Crippen molar-refractivity contribution in [1.29, 1.82) is 0 Å². The molecule has 4 heteroatoms. The molecule has 0 aliphatic heterocycles. The van der Waals surface area contributed by atoms with Crippen molar-refractivity contribution < 1.29 is 10.3 Å². The van der Waals surface area contributed by atoms with Gasteiger partial charge in [-0.15, -0.1) is 0 Å². The third-order valence-electron chi connectivity index (χ3n) is 1.84. The summed E-state index contributed by atoms with van der Waals surface area (Å²) in [4.78, 5) is 0. The molecular formula is C9H12N2O2. The van der Waals surface area contributed by atoms with Gasteiger partial charge in [0, 0.05) is 12.1 Å². The van der Waals surface area contributed by atoms with Crippen molar-refractivity contribution in [3.8, 4) is 5.75 Å². The molecule has 4 nitrogen and oxygen atoms in total. The van der Waals surface area contributed by atoms with E-state index < -0.39 is 0 Å². The van der Waals surface area contributed by atoms with Gasteiger partial charge in [-0.2, -0.15) is 0 Å². The third kappa shape index (κ3) is 1.97. The molecule has 0 bridgehead atoms. The molecule has 1 rings (SSSR count). The van der Waals surface area contributed by atoms with Crippen LogP contribution in [0.1, 0.15) is 18.1 Å². The minimum atomic E-state index is 0.0817. The summed E-state index contributed by atoms with van der Waals surface area (Å²) < 4.78 is 0. The molecule has 70 valence electrons. The van der Waals surface area contributed by atoms with Gasteiger partial charge in [-0.3, -0.25) is 0 Å². The van der Waals surface area contributed by atoms with Gasteiger partial charge in [0.15, 0.2) is 0 Å². The molecule has 0 unspecified atom stereocenters. The van der Waals surface area contributed by atoms with Gasteiger partial charge in [0.05, 0.1) is 5.71 Å². The van der Waals surface area contributed by atoms with Crippen molar-refractivity contribution in [1.82, 2.24) is 0 Å². The highest BCUT2D eigenvalue weighted by Crippen LogP contribution is 2.19. The van der Waals surface area contributed by atoms with E-state index in [9.17, 15) is 5.11 Å². The maximum atomic E-state index is 9.48. The first-order valence-electron chi connectivity index (χ1n) is 3.90. The van der Waals surface area contributed by atoms with Gasteiger partial charge in [-0.05, 0) is 24.6 Å². The Labute approximate surface area is 76.3 Å². The number of hydrogen-bond donors (Lipinski definition) is 3.